The van der Waals surface area contributed by atoms with Crippen LogP contribution in [0.3, 0.4) is 0 Å². The number of rotatable bonds is 5. The average molecular weight is 407 g/mol. The fourth-order valence-electron chi connectivity index (χ4n) is 3.48. The van der Waals surface area contributed by atoms with Gasteiger partial charge in [-0.15, -0.1) is 11.3 Å². The third kappa shape index (κ3) is 5.15. The molecule has 1 N–H and O–H groups in total. The highest BCUT2D eigenvalue weighted by molar-refractivity contribution is 7.13. The summed E-state index contributed by atoms with van der Waals surface area (Å²) in [5, 5.41) is 6.63. The molecule has 4 rings (SSSR count). The standard InChI is InChI=1S/C23H26N4OS/c1-24-23(25-16-19-17-29-22(26-19)18-8-4-2-5-9-18)27-14-12-21(13-15-27)28-20-10-6-3-7-11-20/h2-11,17,21H,12-16H2,1H3,(H,24,25). The van der Waals surface area contributed by atoms with E-state index in [0.29, 0.717) is 6.54 Å². The second kappa shape index (κ2) is 9.56. The van der Waals surface area contributed by atoms with Crippen LogP contribution >= 0.6 is 11.3 Å². The molecule has 29 heavy (non-hydrogen) atoms. The zero-order valence-corrected chi connectivity index (χ0v) is 17.4. The molecule has 3 aromatic rings. The predicted molar refractivity (Wildman–Crippen MR) is 119 cm³/mol. The lowest BCUT2D eigenvalue weighted by molar-refractivity contribution is 0.129. The molecule has 0 bridgehead atoms. The van der Waals surface area contributed by atoms with Crippen molar-refractivity contribution in [3.8, 4) is 16.3 Å². The SMILES string of the molecule is CN=C(NCc1csc(-c2ccccc2)n1)N1CCC(Oc2ccccc2)CC1. The van der Waals surface area contributed by atoms with E-state index in [1.807, 2.05) is 55.6 Å². The zero-order valence-electron chi connectivity index (χ0n) is 16.6. The van der Waals surface area contributed by atoms with Crippen LogP contribution in [0.2, 0.25) is 0 Å². The van der Waals surface area contributed by atoms with Gasteiger partial charge in [0.1, 0.15) is 16.9 Å². The lowest BCUT2D eigenvalue weighted by Crippen LogP contribution is -2.47. The first kappa shape index (κ1) is 19.5. The van der Waals surface area contributed by atoms with Crippen molar-refractivity contribution in [2.75, 3.05) is 20.1 Å². The molecular weight excluding hydrogens is 380 g/mol. The molecule has 0 unspecified atom stereocenters. The highest BCUT2D eigenvalue weighted by Gasteiger charge is 2.22. The third-order valence-electron chi connectivity index (χ3n) is 5.00. The van der Waals surface area contributed by atoms with Crippen LogP contribution < -0.4 is 10.1 Å². The minimum Gasteiger partial charge on any atom is -0.490 e. The minimum absolute atomic E-state index is 0.263. The number of piperidine rings is 1. The van der Waals surface area contributed by atoms with E-state index in [0.717, 1.165) is 53.9 Å². The number of para-hydroxylation sites is 1. The highest BCUT2D eigenvalue weighted by atomic mass is 32.1. The van der Waals surface area contributed by atoms with Gasteiger partial charge < -0.3 is 15.0 Å². The molecule has 0 aliphatic carbocycles. The van der Waals surface area contributed by atoms with Gasteiger partial charge in [0.05, 0.1) is 12.2 Å². The molecule has 150 valence electrons. The first-order valence-corrected chi connectivity index (χ1v) is 10.9. The Labute approximate surface area is 176 Å². The number of thiazole rings is 1. The van der Waals surface area contributed by atoms with Crippen LogP contribution in [-0.4, -0.2) is 42.1 Å². The van der Waals surface area contributed by atoms with Crippen LogP contribution in [-0.2, 0) is 6.54 Å². The number of guanidine groups is 1. The van der Waals surface area contributed by atoms with Gasteiger partial charge in [-0.25, -0.2) is 4.98 Å². The van der Waals surface area contributed by atoms with Gasteiger partial charge in [0.25, 0.3) is 0 Å². The van der Waals surface area contributed by atoms with Crippen LogP contribution in [0, 0.1) is 0 Å². The van der Waals surface area contributed by atoms with Crippen molar-refractivity contribution >= 4 is 17.3 Å². The smallest absolute Gasteiger partial charge is 0.193 e. The number of nitrogens with one attached hydrogen (secondary N) is 1. The number of aromatic nitrogens is 1. The molecule has 0 saturated carbocycles. The summed E-state index contributed by atoms with van der Waals surface area (Å²) in [7, 11) is 1.84. The van der Waals surface area contributed by atoms with Gasteiger partial charge in [-0.05, 0) is 12.1 Å². The van der Waals surface area contributed by atoms with Crippen molar-refractivity contribution in [1.82, 2.24) is 15.2 Å². The third-order valence-corrected chi connectivity index (χ3v) is 5.94. The van der Waals surface area contributed by atoms with E-state index in [1.165, 1.54) is 0 Å². The maximum Gasteiger partial charge on any atom is 0.193 e. The Hall–Kier alpha value is -2.86. The zero-order chi connectivity index (χ0) is 19.9. The number of likely N-dealkylation sites (tertiary alicyclic amines) is 1. The number of hydrogen-bond donors (Lipinski definition) is 1. The topological polar surface area (TPSA) is 49.8 Å². The van der Waals surface area contributed by atoms with E-state index in [-0.39, 0.29) is 6.10 Å². The molecule has 1 aromatic heterocycles. The van der Waals surface area contributed by atoms with Gasteiger partial charge in [0.15, 0.2) is 5.96 Å². The lowest BCUT2D eigenvalue weighted by Gasteiger charge is -2.34. The van der Waals surface area contributed by atoms with Gasteiger partial charge in [0, 0.05) is 43.9 Å². The summed E-state index contributed by atoms with van der Waals surface area (Å²) in [6.07, 6.45) is 2.24. The van der Waals surface area contributed by atoms with Crippen LogP contribution in [0.4, 0.5) is 0 Å². The average Bonchev–Trinajstić information content (AvgIpc) is 3.26. The molecule has 1 saturated heterocycles. The van der Waals surface area contributed by atoms with E-state index >= 15 is 0 Å². The molecule has 0 amide bonds. The summed E-state index contributed by atoms with van der Waals surface area (Å²) in [4.78, 5) is 11.5. The summed E-state index contributed by atoms with van der Waals surface area (Å²) < 4.78 is 6.10. The van der Waals surface area contributed by atoms with Crippen molar-refractivity contribution < 1.29 is 4.74 Å². The van der Waals surface area contributed by atoms with Crippen molar-refractivity contribution in [3.05, 3.63) is 71.7 Å². The Morgan fingerprint density at radius 3 is 2.48 bits per heavy atom. The Morgan fingerprint density at radius 1 is 1.10 bits per heavy atom. The first-order chi connectivity index (χ1) is 14.3. The maximum atomic E-state index is 6.10. The monoisotopic (exact) mass is 406 g/mol. The van der Waals surface area contributed by atoms with Crippen LogP contribution in [0.5, 0.6) is 5.75 Å². The highest BCUT2D eigenvalue weighted by Crippen LogP contribution is 2.23. The van der Waals surface area contributed by atoms with Gasteiger partial charge in [-0.2, -0.15) is 0 Å². The maximum absolute atomic E-state index is 6.10. The molecule has 2 aromatic carbocycles. The number of benzene rings is 2. The quantitative estimate of drug-likeness (QED) is 0.503. The molecule has 1 fully saturated rings. The molecule has 5 nitrogen and oxygen atoms in total. The van der Waals surface area contributed by atoms with Crippen molar-refractivity contribution in [3.63, 3.8) is 0 Å². The second-order valence-corrected chi connectivity index (χ2v) is 7.89. The second-order valence-electron chi connectivity index (χ2n) is 7.03. The molecule has 6 heteroatoms. The number of nitrogens with zero attached hydrogens (tertiary/aromatic N) is 3. The Bertz CT molecular complexity index is 918. The fraction of sp³-hybridized carbons (Fsp3) is 0.304. The Morgan fingerprint density at radius 2 is 1.79 bits per heavy atom. The minimum atomic E-state index is 0.263. The van der Waals surface area contributed by atoms with Crippen molar-refractivity contribution in [2.24, 2.45) is 4.99 Å². The van der Waals surface area contributed by atoms with Crippen LogP contribution in [0.1, 0.15) is 18.5 Å². The van der Waals surface area contributed by atoms with Gasteiger partial charge in [-0.1, -0.05) is 48.5 Å². The largest absolute Gasteiger partial charge is 0.490 e. The molecular formula is C23H26N4OS. The summed E-state index contributed by atoms with van der Waals surface area (Å²) in [6, 6.07) is 20.4. The van der Waals surface area contributed by atoms with Crippen molar-refractivity contribution in [2.45, 2.75) is 25.5 Å². The van der Waals surface area contributed by atoms with Crippen LogP contribution in [0.15, 0.2) is 71.0 Å². The van der Waals surface area contributed by atoms with Gasteiger partial charge in [-0.3, -0.25) is 4.99 Å². The van der Waals surface area contributed by atoms with Crippen LogP contribution in [0.25, 0.3) is 10.6 Å². The van der Waals surface area contributed by atoms with E-state index in [1.54, 1.807) is 11.3 Å². The Balaban J connectivity index is 1.28. The summed E-state index contributed by atoms with van der Waals surface area (Å²) in [6.45, 7) is 2.55. The van der Waals surface area contributed by atoms with Crippen molar-refractivity contribution in [1.29, 1.82) is 0 Å². The van der Waals surface area contributed by atoms with Gasteiger partial charge in [0.2, 0.25) is 0 Å². The first-order valence-electron chi connectivity index (χ1n) is 9.99. The predicted octanol–water partition coefficient (Wildman–Crippen LogP) is 4.43. The van der Waals surface area contributed by atoms with Gasteiger partial charge >= 0.3 is 0 Å². The number of ether oxygens (including phenoxy) is 1. The summed E-state index contributed by atoms with van der Waals surface area (Å²) in [5.41, 5.74) is 2.20. The van der Waals surface area contributed by atoms with E-state index in [2.05, 4.69) is 32.7 Å². The summed E-state index contributed by atoms with van der Waals surface area (Å²) >= 11 is 1.68. The molecule has 1 aliphatic rings. The lowest BCUT2D eigenvalue weighted by atomic mass is 10.1. The number of aliphatic imine (C=N–C) groups is 1. The molecule has 2 heterocycles. The normalized spacial score (nSPS) is 15.3. The Kier molecular flexibility index (Phi) is 6.42. The molecule has 1 aliphatic heterocycles. The van der Waals surface area contributed by atoms with E-state index in [4.69, 9.17) is 9.72 Å². The molecule has 0 radical (unpaired) electrons. The van der Waals surface area contributed by atoms with E-state index < -0.39 is 0 Å². The number of hydrogen-bond acceptors (Lipinski definition) is 4. The molecule has 0 spiro atoms. The molecule has 0 atom stereocenters. The summed E-state index contributed by atoms with van der Waals surface area (Å²) in [5.74, 6) is 1.88. The fourth-order valence-corrected chi connectivity index (χ4v) is 4.31. The van der Waals surface area contributed by atoms with E-state index in [9.17, 15) is 0 Å².